The van der Waals surface area contributed by atoms with Gasteiger partial charge in [0.1, 0.15) is 0 Å². The maximum atomic E-state index is 12.2. The molecule has 5 nitrogen and oxygen atoms in total. The summed E-state index contributed by atoms with van der Waals surface area (Å²) in [6.45, 7) is 8.47. The molecule has 0 radical (unpaired) electrons. The van der Waals surface area contributed by atoms with Crippen LogP contribution in [0.5, 0.6) is 0 Å². The summed E-state index contributed by atoms with van der Waals surface area (Å²) in [7, 11) is 0. The fraction of sp³-hybridized carbons (Fsp3) is 0.588. The van der Waals surface area contributed by atoms with Gasteiger partial charge in [0.2, 0.25) is 0 Å². The number of halogens is 1. The summed E-state index contributed by atoms with van der Waals surface area (Å²) in [6.07, 6.45) is 0.792. The molecule has 1 aliphatic rings. The van der Waals surface area contributed by atoms with Crippen LogP contribution in [0.3, 0.4) is 0 Å². The number of benzene rings is 1. The Balaban J connectivity index is 1.63. The van der Waals surface area contributed by atoms with Crippen LogP contribution in [0.15, 0.2) is 24.3 Å². The van der Waals surface area contributed by atoms with Gasteiger partial charge in [0.15, 0.2) is 0 Å². The number of hydrogen-bond acceptors (Lipinski definition) is 3. The number of piperazine rings is 1. The highest BCUT2D eigenvalue weighted by Crippen LogP contribution is 2.10. The fourth-order valence-electron chi connectivity index (χ4n) is 2.63. The van der Waals surface area contributed by atoms with Crippen molar-refractivity contribution in [3.8, 4) is 0 Å². The largest absolute Gasteiger partial charge is 0.380 e. The Labute approximate surface area is 143 Å². The molecule has 1 aromatic carbocycles. The van der Waals surface area contributed by atoms with E-state index < -0.39 is 0 Å². The van der Waals surface area contributed by atoms with Gasteiger partial charge in [-0.25, -0.2) is 4.79 Å². The van der Waals surface area contributed by atoms with Crippen molar-refractivity contribution in [2.75, 3.05) is 52.5 Å². The molecule has 0 bridgehead atoms. The van der Waals surface area contributed by atoms with Gasteiger partial charge in [-0.2, -0.15) is 0 Å². The Kier molecular flexibility index (Phi) is 7.65. The van der Waals surface area contributed by atoms with E-state index in [1.165, 1.54) is 0 Å². The average molecular weight is 340 g/mol. The number of nitrogens with zero attached hydrogens (tertiary/aromatic N) is 2. The molecule has 23 heavy (non-hydrogen) atoms. The first-order chi connectivity index (χ1) is 11.2. The van der Waals surface area contributed by atoms with Crippen molar-refractivity contribution in [3.63, 3.8) is 0 Å². The van der Waals surface area contributed by atoms with Gasteiger partial charge in [-0.05, 0) is 31.0 Å². The molecule has 1 fully saturated rings. The number of urea groups is 1. The van der Waals surface area contributed by atoms with Crippen molar-refractivity contribution in [2.24, 2.45) is 0 Å². The Hall–Kier alpha value is -1.30. The zero-order valence-electron chi connectivity index (χ0n) is 13.8. The van der Waals surface area contributed by atoms with Crippen LogP contribution >= 0.6 is 11.6 Å². The lowest BCUT2D eigenvalue weighted by molar-refractivity contribution is 0.0882. The number of rotatable bonds is 7. The Morgan fingerprint density at radius 2 is 2.09 bits per heavy atom. The summed E-state index contributed by atoms with van der Waals surface area (Å²) in [5, 5.41) is 3.72. The molecule has 2 amide bonds. The van der Waals surface area contributed by atoms with Gasteiger partial charge in [-0.3, -0.25) is 4.90 Å². The number of amides is 2. The quantitative estimate of drug-likeness (QED) is 0.775. The number of ether oxygens (including phenoxy) is 1. The van der Waals surface area contributed by atoms with E-state index in [1.54, 1.807) is 0 Å². The lowest BCUT2D eigenvalue weighted by atomic mass is 10.1. The lowest BCUT2D eigenvalue weighted by Crippen LogP contribution is -2.52. The summed E-state index contributed by atoms with van der Waals surface area (Å²) in [5.74, 6) is 0. The van der Waals surface area contributed by atoms with E-state index in [2.05, 4.69) is 10.2 Å². The number of carbonyl (C=O) groups is 1. The van der Waals surface area contributed by atoms with Crippen LogP contribution in [0.2, 0.25) is 5.02 Å². The maximum absolute atomic E-state index is 12.2. The highest BCUT2D eigenvalue weighted by Gasteiger charge is 2.20. The smallest absolute Gasteiger partial charge is 0.317 e. The zero-order chi connectivity index (χ0) is 16.5. The predicted octanol–water partition coefficient (Wildman–Crippen LogP) is 2.25. The van der Waals surface area contributed by atoms with Gasteiger partial charge in [-0.15, -0.1) is 0 Å². The molecule has 6 heteroatoms. The monoisotopic (exact) mass is 339 g/mol. The Morgan fingerprint density at radius 1 is 1.30 bits per heavy atom. The van der Waals surface area contributed by atoms with E-state index >= 15 is 0 Å². The first kappa shape index (κ1) is 18.0. The molecule has 0 unspecified atom stereocenters. The van der Waals surface area contributed by atoms with Crippen LogP contribution in [0.1, 0.15) is 12.5 Å². The lowest BCUT2D eigenvalue weighted by Gasteiger charge is -2.34. The highest BCUT2D eigenvalue weighted by atomic mass is 35.5. The first-order valence-electron chi connectivity index (χ1n) is 8.26. The third-order valence-electron chi connectivity index (χ3n) is 3.99. The van der Waals surface area contributed by atoms with Crippen molar-refractivity contribution in [1.82, 2.24) is 15.1 Å². The molecule has 0 aliphatic carbocycles. The van der Waals surface area contributed by atoms with Crippen molar-refractivity contribution >= 4 is 17.6 Å². The topological polar surface area (TPSA) is 44.8 Å². The number of hydrogen-bond donors (Lipinski definition) is 1. The molecule has 0 spiro atoms. The SMILES string of the molecule is CCOCCN1CCN(C(=O)NCCc2cccc(Cl)c2)CC1. The van der Waals surface area contributed by atoms with E-state index in [0.717, 1.165) is 62.9 Å². The van der Waals surface area contributed by atoms with Crippen LogP contribution < -0.4 is 5.32 Å². The van der Waals surface area contributed by atoms with E-state index in [1.807, 2.05) is 36.1 Å². The minimum Gasteiger partial charge on any atom is -0.380 e. The van der Waals surface area contributed by atoms with Gasteiger partial charge in [0.05, 0.1) is 6.61 Å². The van der Waals surface area contributed by atoms with Gasteiger partial charge in [0, 0.05) is 50.9 Å². The van der Waals surface area contributed by atoms with E-state index in [9.17, 15) is 4.79 Å². The van der Waals surface area contributed by atoms with Crippen LogP contribution in [0.4, 0.5) is 4.79 Å². The third-order valence-corrected chi connectivity index (χ3v) is 4.23. The summed E-state index contributed by atoms with van der Waals surface area (Å²) >= 11 is 5.96. The van der Waals surface area contributed by atoms with E-state index in [4.69, 9.17) is 16.3 Å². The molecule has 0 atom stereocenters. The van der Waals surface area contributed by atoms with Gasteiger partial charge in [0.25, 0.3) is 0 Å². The predicted molar refractivity (Wildman–Crippen MR) is 93.1 cm³/mol. The molecule has 2 rings (SSSR count). The highest BCUT2D eigenvalue weighted by molar-refractivity contribution is 6.30. The molecule has 0 saturated carbocycles. The van der Waals surface area contributed by atoms with Crippen LogP contribution in [0, 0.1) is 0 Å². The average Bonchev–Trinajstić information content (AvgIpc) is 2.56. The molecule has 1 aliphatic heterocycles. The summed E-state index contributed by atoms with van der Waals surface area (Å²) in [4.78, 5) is 16.4. The third kappa shape index (κ3) is 6.37. The second kappa shape index (κ2) is 9.75. The molecule has 1 heterocycles. The fourth-order valence-corrected chi connectivity index (χ4v) is 2.84. The van der Waals surface area contributed by atoms with Crippen LogP contribution in [0.25, 0.3) is 0 Å². The normalized spacial score (nSPS) is 15.7. The van der Waals surface area contributed by atoms with Crippen molar-refractivity contribution in [3.05, 3.63) is 34.9 Å². The van der Waals surface area contributed by atoms with Crippen molar-refractivity contribution in [1.29, 1.82) is 0 Å². The molecule has 1 aromatic rings. The zero-order valence-corrected chi connectivity index (χ0v) is 14.5. The summed E-state index contributed by atoms with van der Waals surface area (Å²) < 4.78 is 5.37. The minimum absolute atomic E-state index is 0.0245. The molecule has 1 N–H and O–H groups in total. The van der Waals surface area contributed by atoms with Crippen molar-refractivity contribution < 1.29 is 9.53 Å². The summed E-state index contributed by atoms with van der Waals surface area (Å²) in [6, 6.07) is 7.77. The molecular weight excluding hydrogens is 314 g/mol. The van der Waals surface area contributed by atoms with E-state index in [-0.39, 0.29) is 6.03 Å². The van der Waals surface area contributed by atoms with Gasteiger partial charge >= 0.3 is 6.03 Å². The van der Waals surface area contributed by atoms with Crippen LogP contribution in [-0.4, -0.2) is 68.3 Å². The van der Waals surface area contributed by atoms with E-state index in [0.29, 0.717) is 6.54 Å². The summed E-state index contributed by atoms with van der Waals surface area (Å²) in [5.41, 5.74) is 1.14. The molecule has 128 valence electrons. The minimum atomic E-state index is 0.0245. The number of carbonyl (C=O) groups excluding carboxylic acids is 1. The Morgan fingerprint density at radius 3 is 2.78 bits per heavy atom. The van der Waals surface area contributed by atoms with Gasteiger partial charge in [-0.1, -0.05) is 23.7 Å². The molecular formula is C17H26ClN3O2. The molecule has 1 saturated heterocycles. The second-order valence-electron chi connectivity index (χ2n) is 5.64. The molecule has 0 aromatic heterocycles. The van der Waals surface area contributed by atoms with Crippen LogP contribution in [-0.2, 0) is 11.2 Å². The number of nitrogens with one attached hydrogen (secondary N) is 1. The van der Waals surface area contributed by atoms with Crippen molar-refractivity contribution in [2.45, 2.75) is 13.3 Å². The van der Waals surface area contributed by atoms with Gasteiger partial charge < -0.3 is 15.0 Å². The maximum Gasteiger partial charge on any atom is 0.317 e. The Bertz CT molecular complexity index is 490. The standard InChI is InChI=1S/C17H26ClN3O2/c1-2-23-13-12-20-8-10-21(11-9-20)17(22)19-7-6-15-4-3-5-16(18)14-15/h3-5,14H,2,6-13H2,1H3,(H,19,22). The second-order valence-corrected chi connectivity index (χ2v) is 6.07. The first-order valence-corrected chi connectivity index (χ1v) is 8.64.